The first-order chi connectivity index (χ1) is 8.65. The Hall–Kier alpha value is -0.680. The van der Waals surface area contributed by atoms with Crippen LogP contribution in [-0.2, 0) is 13.6 Å². The Kier molecular flexibility index (Phi) is 4.56. The van der Waals surface area contributed by atoms with Crippen LogP contribution in [0.25, 0.3) is 0 Å². The molecule has 0 aliphatic carbocycles. The molecule has 1 atom stereocenters. The quantitative estimate of drug-likeness (QED) is 0.902. The van der Waals surface area contributed by atoms with Gasteiger partial charge < -0.3 is 10.2 Å². The minimum atomic E-state index is 0.596. The van der Waals surface area contributed by atoms with E-state index in [2.05, 4.69) is 59.6 Å². The molecule has 0 aromatic carbocycles. The van der Waals surface area contributed by atoms with Gasteiger partial charge in [0.2, 0.25) is 0 Å². The van der Waals surface area contributed by atoms with Gasteiger partial charge in [-0.1, -0.05) is 6.92 Å². The Balaban J connectivity index is 2.29. The first kappa shape index (κ1) is 13.7. The van der Waals surface area contributed by atoms with E-state index in [1.165, 1.54) is 22.9 Å². The Morgan fingerprint density at radius 3 is 2.94 bits per heavy atom. The van der Waals surface area contributed by atoms with Gasteiger partial charge in [-0.25, -0.2) is 0 Å². The first-order valence-electron chi connectivity index (χ1n) is 6.72. The number of hydrogen-bond donors (Lipinski definition) is 1. The zero-order chi connectivity index (χ0) is 13.1. The fourth-order valence-electron chi connectivity index (χ4n) is 2.55. The second-order valence-corrected chi connectivity index (χ2v) is 6.06. The molecule has 1 aliphatic rings. The fraction of sp³-hybridized carbons (Fsp3) is 0.769. The van der Waals surface area contributed by atoms with Gasteiger partial charge in [0.25, 0.3) is 0 Å². The van der Waals surface area contributed by atoms with Crippen LogP contribution in [0.1, 0.15) is 25.1 Å². The van der Waals surface area contributed by atoms with Gasteiger partial charge in [-0.05, 0) is 20.4 Å². The molecule has 1 aromatic rings. The molecular weight excluding hydrogens is 244 g/mol. The predicted molar refractivity (Wildman–Crippen MR) is 79.5 cm³/mol. The predicted octanol–water partition coefficient (Wildman–Crippen LogP) is 1.78. The van der Waals surface area contributed by atoms with E-state index in [0.29, 0.717) is 6.04 Å². The van der Waals surface area contributed by atoms with Crippen molar-refractivity contribution in [2.45, 2.75) is 33.4 Å². The summed E-state index contributed by atoms with van der Waals surface area (Å²) in [5, 5.41) is 8.03. The number of nitrogens with one attached hydrogen (secondary N) is 1. The molecular formula is C13H24N4S. The number of anilines is 1. The summed E-state index contributed by atoms with van der Waals surface area (Å²) in [5.74, 6) is 3.74. The van der Waals surface area contributed by atoms with Crippen LogP contribution in [0.5, 0.6) is 0 Å². The number of hydrogen-bond acceptors (Lipinski definition) is 4. The van der Waals surface area contributed by atoms with Crippen LogP contribution in [0.2, 0.25) is 0 Å². The highest BCUT2D eigenvalue weighted by molar-refractivity contribution is 7.99. The van der Waals surface area contributed by atoms with E-state index in [9.17, 15) is 0 Å². The van der Waals surface area contributed by atoms with Gasteiger partial charge in [0.1, 0.15) is 5.82 Å². The highest BCUT2D eigenvalue weighted by Gasteiger charge is 2.25. The highest BCUT2D eigenvalue weighted by atomic mass is 32.2. The van der Waals surface area contributed by atoms with Crippen molar-refractivity contribution < 1.29 is 0 Å². The molecule has 2 rings (SSSR count). The van der Waals surface area contributed by atoms with Crippen LogP contribution < -0.4 is 10.2 Å². The minimum absolute atomic E-state index is 0.596. The first-order valence-corrected chi connectivity index (χ1v) is 7.88. The lowest BCUT2D eigenvalue weighted by Crippen LogP contribution is -2.42. The molecule has 2 heterocycles. The lowest BCUT2D eigenvalue weighted by molar-refractivity contribution is 0.640. The molecule has 0 bridgehead atoms. The van der Waals surface area contributed by atoms with Crippen LogP contribution in [-0.4, -0.2) is 40.4 Å². The van der Waals surface area contributed by atoms with E-state index < -0.39 is 0 Å². The van der Waals surface area contributed by atoms with Gasteiger partial charge >= 0.3 is 0 Å². The molecule has 5 heteroatoms. The fourth-order valence-corrected chi connectivity index (χ4v) is 3.56. The van der Waals surface area contributed by atoms with E-state index in [1.807, 2.05) is 0 Å². The van der Waals surface area contributed by atoms with E-state index in [0.717, 1.165) is 25.3 Å². The van der Waals surface area contributed by atoms with Crippen molar-refractivity contribution >= 4 is 17.6 Å². The lowest BCUT2D eigenvalue weighted by Gasteiger charge is -2.35. The van der Waals surface area contributed by atoms with Gasteiger partial charge in [0, 0.05) is 43.2 Å². The Morgan fingerprint density at radius 1 is 1.50 bits per heavy atom. The third kappa shape index (κ3) is 2.67. The van der Waals surface area contributed by atoms with Crippen LogP contribution in [0, 0.1) is 6.92 Å². The molecule has 1 saturated heterocycles. The number of thioether (sulfide) groups is 1. The summed E-state index contributed by atoms with van der Waals surface area (Å²) < 4.78 is 2.05. The summed E-state index contributed by atoms with van der Waals surface area (Å²) >= 11 is 2.05. The molecule has 1 N–H and O–H groups in total. The average molecular weight is 268 g/mol. The number of nitrogens with zero attached hydrogens (tertiary/aromatic N) is 3. The van der Waals surface area contributed by atoms with Crippen LogP contribution in [0.15, 0.2) is 0 Å². The number of aromatic nitrogens is 2. The van der Waals surface area contributed by atoms with Crippen molar-refractivity contribution in [3.63, 3.8) is 0 Å². The van der Waals surface area contributed by atoms with Crippen molar-refractivity contribution in [3.05, 3.63) is 11.3 Å². The van der Waals surface area contributed by atoms with E-state index >= 15 is 0 Å². The summed E-state index contributed by atoms with van der Waals surface area (Å²) in [5.41, 5.74) is 2.51. The molecule has 1 aliphatic heterocycles. The van der Waals surface area contributed by atoms with Gasteiger partial charge in [0.15, 0.2) is 0 Å². The van der Waals surface area contributed by atoms with Crippen LogP contribution >= 0.6 is 11.8 Å². The topological polar surface area (TPSA) is 33.1 Å². The molecule has 0 spiro atoms. The average Bonchev–Trinajstić information content (AvgIpc) is 2.62. The van der Waals surface area contributed by atoms with Gasteiger partial charge in [0.05, 0.1) is 5.69 Å². The summed E-state index contributed by atoms with van der Waals surface area (Å²) in [6.45, 7) is 9.61. The monoisotopic (exact) mass is 268 g/mol. The van der Waals surface area contributed by atoms with Crippen molar-refractivity contribution in [3.8, 4) is 0 Å². The summed E-state index contributed by atoms with van der Waals surface area (Å²) in [6, 6.07) is 0.596. The van der Waals surface area contributed by atoms with Crippen molar-refractivity contribution in [1.29, 1.82) is 0 Å². The summed E-state index contributed by atoms with van der Waals surface area (Å²) in [6.07, 6.45) is 0. The minimum Gasteiger partial charge on any atom is -0.352 e. The van der Waals surface area contributed by atoms with Crippen molar-refractivity contribution in [2.75, 3.05) is 29.5 Å². The maximum absolute atomic E-state index is 4.60. The molecule has 1 aromatic heterocycles. The molecule has 1 fully saturated rings. The number of aryl methyl sites for hydroxylation is 2. The Morgan fingerprint density at radius 2 is 2.28 bits per heavy atom. The summed E-state index contributed by atoms with van der Waals surface area (Å²) in [4.78, 5) is 2.52. The lowest BCUT2D eigenvalue weighted by atomic mass is 10.2. The molecule has 1 unspecified atom stereocenters. The molecule has 0 saturated carbocycles. The van der Waals surface area contributed by atoms with E-state index in [4.69, 9.17) is 0 Å². The Labute approximate surface area is 114 Å². The van der Waals surface area contributed by atoms with Crippen LogP contribution in [0.3, 0.4) is 0 Å². The van der Waals surface area contributed by atoms with E-state index in [-0.39, 0.29) is 0 Å². The van der Waals surface area contributed by atoms with Crippen LogP contribution in [0.4, 0.5) is 5.82 Å². The third-order valence-corrected chi connectivity index (χ3v) is 4.69. The third-order valence-electron chi connectivity index (χ3n) is 3.50. The van der Waals surface area contributed by atoms with E-state index in [1.54, 1.807) is 0 Å². The van der Waals surface area contributed by atoms with Gasteiger partial charge in [-0.2, -0.15) is 16.9 Å². The zero-order valence-electron chi connectivity index (χ0n) is 11.9. The smallest absolute Gasteiger partial charge is 0.131 e. The molecule has 18 heavy (non-hydrogen) atoms. The van der Waals surface area contributed by atoms with Crippen molar-refractivity contribution in [1.82, 2.24) is 15.1 Å². The maximum Gasteiger partial charge on any atom is 0.131 e. The largest absolute Gasteiger partial charge is 0.352 e. The molecule has 102 valence electrons. The SMILES string of the molecule is CCNCc1c(C)nn(C)c1N1CCSCC1C. The number of rotatable bonds is 4. The molecule has 4 nitrogen and oxygen atoms in total. The second-order valence-electron chi connectivity index (χ2n) is 4.91. The van der Waals surface area contributed by atoms with Crippen molar-refractivity contribution in [2.24, 2.45) is 7.05 Å². The van der Waals surface area contributed by atoms with Gasteiger partial charge in [-0.15, -0.1) is 0 Å². The zero-order valence-corrected chi connectivity index (χ0v) is 12.7. The standard InChI is InChI=1S/C13H24N4S/c1-5-14-8-12-11(3)15-16(4)13(12)17-6-7-18-9-10(17)2/h10,14H,5-9H2,1-4H3. The second kappa shape index (κ2) is 5.97. The molecule has 0 amide bonds. The molecule has 0 radical (unpaired) electrons. The highest BCUT2D eigenvalue weighted by Crippen LogP contribution is 2.28. The Bertz CT molecular complexity index is 402. The van der Waals surface area contributed by atoms with Gasteiger partial charge in [-0.3, -0.25) is 4.68 Å². The maximum atomic E-state index is 4.60. The summed E-state index contributed by atoms with van der Waals surface area (Å²) in [7, 11) is 2.06. The normalized spacial score (nSPS) is 20.4.